The maximum Gasteiger partial charge on any atom is 0.413 e. The normalized spacial score (nSPS) is 13.0. The summed E-state index contributed by atoms with van der Waals surface area (Å²) in [4.78, 5) is 29.9. The third-order valence-electron chi connectivity index (χ3n) is 5.46. The monoisotopic (exact) mass is 474 g/mol. The van der Waals surface area contributed by atoms with Crippen molar-refractivity contribution in [3.05, 3.63) is 77.5 Å². The van der Waals surface area contributed by atoms with Crippen molar-refractivity contribution in [3.63, 3.8) is 0 Å². The SMILES string of the molecule is COc1ccccc1Nc1cc(NC(=O)OC(C)(C)C)nc(C(=O)NC2Cc3ccccc3C2)c1. The first-order chi connectivity index (χ1) is 16.7. The predicted molar refractivity (Wildman–Crippen MR) is 135 cm³/mol. The molecule has 0 bridgehead atoms. The lowest BCUT2D eigenvalue weighted by atomic mass is 10.1. The van der Waals surface area contributed by atoms with Gasteiger partial charge < -0.3 is 20.1 Å². The van der Waals surface area contributed by atoms with Gasteiger partial charge >= 0.3 is 6.09 Å². The molecule has 4 rings (SSSR count). The smallest absolute Gasteiger partial charge is 0.413 e. The third-order valence-corrected chi connectivity index (χ3v) is 5.46. The predicted octanol–water partition coefficient (Wildman–Crippen LogP) is 5.08. The topological polar surface area (TPSA) is 102 Å². The molecule has 1 aliphatic carbocycles. The number of aromatic nitrogens is 1. The standard InChI is InChI=1S/C27H30N4O4/c1-27(2,3)35-26(33)31-24-16-20(28-21-11-7-8-12-23(21)34-4)15-22(30-24)25(32)29-19-13-17-9-5-6-10-18(17)14-19/h5-12,15-16,19H,13-14H2,1-4H3,(H,29,32)(H2,28,30,31,33). The van der Waals surface area contributed by atoms with Gasteiger partial charge in [-0.25, -0.2) is 9.78 Å². The van der Waals surface area contributed by atoms with Crippen molar-refractivity contribution < 1.29 is 19.1 Å². The number of fused-ring (bicyclic) bond motifs is 1. The van der Waals surface area contributed by atoms with Crippen molar-refractivity contribution in [1.82, 2.24) is 10.3 Å². The molecule has 1 aromatic heterocycles. The molecule has 0 spiro atoms. The number of methoxy groups -OCH3 is 1. The first kappa shape index (κ1) is 24.1. The van der Waals surface area contributed by atoms with Crippen LogP contribution in [0.5, 0.6) is 5.75 Å². The van der Waals surface area contributed by atoms with Gasteiger partial charge in [0.05, 0.1) is 12.8 Å². The molecule has 1 heterocycles. The van der Waals surface area contributed by atoms with Crippen molar-refractivity contribution in [2.24, 2.45) is 0 Å². The molecule has 0 unspecified atom stereocenters. The van der Waals surface area contributed by atoms with Gasteiger partial charge in [0, 0.05) is 17.8 Å². The Kier molecular flexibility index (Phi) is 6.91. The number of carbonyl (C=O) groups is 2. The fourth-order valence-corrected chi connectivity index (χ4v) is 4.01. The number of benzene rings is 2. The Hall–Kier alpha value is -4.07. The molecule has 0 saturated heterocycles. The fourth-order valence-electron chi connectivity index (χ4n) is 4.01. The second-order valence-corrected chi connectivity index (χ2v) is 9.43. The number of rotatable bonds is 6. The lowest BCUT2D eigenvalue weighted by Crippen LogP contribution is -2.36. The van der Waals surface area contributed by atoms with Gasteiger partial charge in [-0.3, -0.25) is 10.1 Å². The number of anilines is 3. The van der Waals surface area contributed by atoms with E-state index in [0.29, 0.717) is 17.1 Å². The number of hydrogen-bond donors (Lipinski definition) is 3. The molecule has 0 radical (unpaired) electrons. The van der Waals surface area contributed by atoms with Crippen LogP contribution in [0.25, 0.3) is 0 Å². The van der Waals surface area contributed by atoms with Gasteiger partial charge in [0.15, 0.2) is 0 Å². The van der Waals surface area contributed by atoms with Crippen LogP contribution in [0, 0.1) is 0 Å². The minimum Gasteiger partial charge on any atom is -0.495 e. The summed E-state index contributed by atoms with van der Waals surface area (Å²) in [6.45, 7) is 5.33. The Bertz CT molecular complexity index is 1210. The highest BCUT2D eigenvalue weighted by atomic mass is 16.6. The van der Waals surface area contributed by atoms with Crippen molar-refractivity contribution in [1.29, 1.82) is 0 Å². The number of nitrogens with zero attached hydrogens (tertiary/aromatic N) is 1. The highest BCUT2D eigenvalue weighted by molar-refractivity contribution is 5.95. The molecule has 1 aliphatic rings. The highest BCUT2D eigenvalue weighted by Gasteiger charge is 2.24. The van der Waals surface area contributed by atoms with E-state index in [9.17, 15) is 9.59 Å². The summed E-state index contributed by atoms with van der Waals surface area (Å²) < 4.78 is 10.8. The summed E-state index contributed by atoms with van der Waals surface area (Å²) in [5.74, 6) is 0.512. The lowest BCUT2D eigenvalue weighted by Gasteiger charge is -2.20. The van der Waals surface area contributed by atoms with Crippen molar-refractivity contribution >= 4 is 29.2 Å². The quantitative estimate of drug-likeness (QED) is 0.461. The van der Waals surface area contributed by atoms with Crippen LogP contribution in [0.15, 0.2) is 60.7 Å². The molecular weight excluding hydrogens is 444 g/mol. The number of carbonyl (C=O) groups excluding carboxylic acids is 2. The Morgan fingerprint density at radius 2 is 1.63 bits per heavy atom. The summed E-state index contributed by atoms with van der Waals surface area (Å²) in [7, 11) is 1.58. The molecule has 3 aromatic rings. The van der Waals surface area contributed by atoms with Gasteiger partial charge in [-0.2, -0.15) is 0 Å². The van der Waals surface area contributed by atoms with Crippen LogP contribution in [-0.2, 0) is 17.6 Å². The van der Waals surface area contributed by atoms with Crippen molar-refractivity contribution in [2.75, 3.05) is 17.7 Å². The minimum atomic E-state index is -0.672. The number of para-hydroxylation sites is 2. The fraction of sp³-hybridized carbons (Fsp3) is 0.296. The van der Waals surface area contributed by atoms with Crippen LogP contribution in [0.1, 0.15) is 42.4 Å². The molecule has 182 valence electrons. The zero-order valence-corrected chi connectivity index (χ0v) is 20.3. The van der Waals surface area contributed by atoms with Gasteiger partial charge in [0.1, 0.15) is 22.9 Å². The van der Waals surface area contributed by atoms with E-state index in [2.05, 4.69) is 33.1 Å². The van der Waals surface area contributed by atoms with E-state index in [-0.39, 0.29) is 23.5 Å². The molecule has 2 aromatic carbocycles. The summed E-state index contributed by atoms with van der Waals surface area (Å²) in [5.41, 5.74) is 3.26. The zero-order valence-electron chi connectivity index (χ0n) is 20.3. The summed E-state index contributed by atoms with van der Waals surface area (Å²) in [5, 5.41) is 8.96. The van der Waals surface area contributed by atoms with Gasteiger partial charge in [-0.1, -0.05) is 36.4 Å². The first-order valence-corrected chi connectivity index (χ1v) is 11.5. The molecular formula is C27H30N4O4. The van der Waals surface area contributed by atoms with E-state index in [1.807, 2.05) is 36.4 Å². The van der Waals surface area contributed by atoms with E-state index >= 15 is 0 Å². The largest absolute Gasteiger partial charge is 0.495 e. The second kappa shape index (κ2) is 10.0. The molecule has 8 nitrogen and oxygen atoms in total. The van der Waals surface area contributed by atoms with E-state index in [4.69, 9.17) is 9.47 Å². The van der Waals surface area contributed by atoms with Crippen molar-refractivity contribution in [3.8, 4) is 5.75 Å². The first-order valence-electron chi connectivity index (χ1n) is 11.5. The van der Waals surface area contributed by atoms with Crippen LogP contribution >= 0.6 is 0 Å². The molecule has 0 atom stereocenters. The second-order valence-electron chi connectivity index (χ2n) is 9.43. The van der Waals surface area contributed by atoms with Crippen LogP contribution < -0.4 is 20.7 Å². The molecule has 35 heavy (non-hydrogen) atoms. The van der Waals surface area contributed by atoms with Crippen LogP contribution in [0.3, 0.4) is 0 Å². The molecule has 2 amide bonds. The Morgan fingerprint density at radius 3 is 2.29 bits per heavy atom. The number of pyridine rings is 1. The Morgan fingerprint density at radius 1 is 0.971 bits per heavy atom. The molecule has 0 saturated carbocycles. The Labute approximate surface area is 205 Å². The molecule has 0 fully saturated rings. The molecule has 3 N–H and O–H groups in total. The highest BCUT2D eigenvalue weighted by Crippen LogP contribution is 2.29. The third kappa shape index (κ3) is 6.29. The van der Waals surface area contributed by atoms with Crippen molar-refractivity contribution in [2.45, 2.75) is 45.3 Å². The summed E-state index contributed by atoms with van der Waals surface area (Å²) in [6.07, 6.45) is 0.880. The van der Waals surface area contributed by atoms with Crippen LogP contribution in [0.4, 0.5) is 22.0 Å². The van der Waals surface area contributed by atoms with E-state index in [1.54, 1.807) is 40.0 Å². The van der Waals surface area contributed by atoms with Gasteiger partial charge in [-0.15, -0.1) is 0 Å². The van der Waals surface area contributed by atoms with Gasteiger partial charge in [-0.05, 0) is 62.9 Å². The number of hydrogen-bond acceptors (Lipinski definition) is 6. The maximum atomic E-state index is 13.2. The number of amides is 2. The zero-order chi connectivity index (χ0) is 25.0. The van der Waals surface area contributed by atoms with Gasteiger partial charge in [0.2, 0.25) is 0 Å². The maximum absolute atomic E-state index is 13.2. The van der Waals surface area contributed by atoms with Crippen LogP contribution in [-0.4, -0.2) is 35.7 Å². The van der Waals surface area contributed by atoms with E-state index in [1.165, 1.54) is 11.1 Å². The number of ether oxygens (including phenoxy) is 2. The minimum absolute atomic E-state index is 0.0187. The van der Waals surface area contributed by atoms with Gasteiger partial charge in [0.25, 0.3) is 5.91 Å². The van der Waals surface area contributed by atoms with E-state index in [0.717, 1.165) is 12.8 Å². The van der Waals surface area contributed by atoms with E-state index < -0.39 is 11.7 Å². The van der Waals surface area contributed by atoms with Crippen LogP contribution in [0.2, 0.25) is 0 Å². The molecule has 0 aliphatic heterocycles. The Balaban J connectivity index is 1.57. The summed E-state index contributed by atoms with van der Waals surface area (Å²) in [6, 6.07) is 18.9. The lowest BCUT2D eigenvalue weighted by molar-refractivity contribution is 0.0634. The number of nitrogens with one attached hydrogen (secondary N) is 3. The molecule has 8 heteroatoms. The average Bonchev–Trinajstić information content (AvgIpc) is 3.20. The summed E-state index contributed by atoms with van der Waals surface area (Å²) >= 11 is 0. The average molecular weight is 475 g/mol.